The Morgan fingerprint density at radius 1 is 1.15 bits per heavy atom. The molecule has 0 unspecified atom stereocenters. The van der Waals surface area contributed by atoms with E-state index in [2.05, 4.69) is 20.7 Å². The first kappa shape index (κ1) is 24.8. The van der Waals surface area contributed by atoms with Crippen LogP contribution in [0.2, 0.25) is 0 Å². The molecule has 0 aliphatic heterocycles. The zero-order valence-electron chi connectivity index (χ0n) is 19.9. The van der Waals surface area contributed by atoms with Crippen LogP contribution in [-0.2, 0) is 16.1 Å². The normalized spacial score (nSPS) is 12.2. The second-order valence-corrected chi connectivity index (χ2v) is 8.75. The number of nitrogens with one attached hydrogen (secondary N) is 1. The van der Waals surface area contributed by atoms with E-state index in [1.54, 1.807) is 24.3 Å². The van der Waals surface area contributed by atoms with Gasteiger partial charge in [-0.3, -0.25) is 14.5 Å². The van der Waals surface area contributed by atoms with Crippen molar-refractivity contribution in [3.8, 4) is 17.1 Å². The van der Waals surface area contributed by atoms with Crippen LogP contribution in [0.3, 0.4) is 0 Å². The summed E-state index contributed by atoms with van der Waals surface area (Å²) in [6, 6.07) is 11.9. The number of hydrogen-bond acceptors (Lipinski definition) is 6. The van der Waals surface area contributed by atoms with Gasteiger partial charge in [0.05, 0.1) is 12.8 Å². The largest absolute Gasteiger partial charge is 0.495 e. The maximum absolute atomic E-state index is 13.6. The summed E-state index contributed by atoms with van der Waals surface area (Å²) in [5.41, 5.74) is 0.555. The monoisotopic (exact) mass is 468 g/mol. The third kappa shape index (κ3) is 5.94. The number of carbonyl (C=O) groups is 2. The van der Waals surface area contributed by atoms with Crippen molar-refractivity contribution in [3.63, 3.8) is 0 Å². The first-order chi connectivity index (χ1) is 16.1. The molecule has 0 saturated heterocycles. The van der Waals surface area contributed by atoms with Crippen LogP contribution in [0, 0.1) is 5.82 Å². The van der Waals surface area contributed by atoms with Crippen LogP contribution in [0.1, 0.15) is 34.1 Å². The second-order valence-electron chi connectivity index (χ2n) is 8.75. The van der Waals surface area contributed by atoms with Crippen molar-refractivity contribution in [2.45, 2.75) is 52.2 Å². The fraction of sp³-hybridized carbons (Fsp3) is 0.375. The van der Waals surface area contributed by atoms with E-state index in [1.165, 1.54) is 36.3 Å². The number of aromatic nitrogens is 4. The van der Waals surface area contributed by atoms with E-state index in [9.17, 15) is 14.0 Å². The zero-order chi connectivity index (χ0) is 24.9. The number of methoxy groups -OCH3 is 1. The fourth-order valence-electron chi connectivity index (χ4n) is 3.46. The minimum Gasteiger partial charge on any atom is -0.495 e. The smallest absolute Gasteiger partial charge is 0.251 e. The Balaban J connectivity index is 1.93. The van der Waals surface area contributed by atoms with Gasteiger partial charge in [-0.1, -0.05) is 19.1 Å². The number of para-hydroxylation sites is 2. The van der Waals surface area contributed by atoms with E-state index in [1.807, 2.05) is 27.7 Å². The molecule has 0 aliphatic rings. The summed E-state index contributed by atoms with van der Waals surface area (Å²) in [4.78, 5) is 29.3. The van der Waals surface area contributed by atoms with Gasteiger partial charge in [0.1, 0.15) is 24.2 Å². The highest BCUT2D eigenvalue weighted by Gasteiger charge is 2.33. The molecular formula is C24H29FN6O3. The van der Waals surface area contributed by atoms with Crippen molar-refractivity contribution in [2.75, 3.05) is 12.0 Å². The number of hydrogen-bond donors (Lipinski definition) is 1. The molecule has 2 aromatic carbocycles. The lowest BCUT2D eigenvalue weighted by Crippen LogP contribution is -2.54. The number of ether oxygens (including phenoxy) is 1. The standard InChI is InChI=1S/C24H29FN6O3/c1-6-18(23(33)26-24(2,3)4)31(19-9-7-8-10-20(19)34-5)21(32)15-30-28-22(27-29-30)16-11-13-17(25)14-12-16/h7-14,18H,6,15H2,1-5H3,(H,26,33)/t18-/m0/s1. The van der Waals surface area contributed by atoms with Crippen LogP contribution in [-0.4, -0.2) is 50.7 Å². The van der Waals surface area contributed by atoms with Gasteiger partial charge in [0.15, 0.2) is 0 Å². The van der Waals surface area contributed by atoms with Crippen LogP contribution in [0.4, 0.5) is 10.1 Å². The number of tetrazole rings is 1. The predicted molar refractivity (Wildman–Crippen MR) is 126 cm³/mol. The second kappa shape index (κ2) is 10.4. The predicted octanol–water partition coefficient (Wildman–Crippen LogP) is 3.21. The lowest BCUT2D eigenvalue weighted by molar-refractivity contribution is -0.128. The molecule has 3 rings (SSSR count). The molecule has 10 heteroatoms. The first-order valence-corrected chi connectivity index (χ1v) is 10.9. The molecule has 9 nitrogen and oxygen atoms in total. The number of benzene rings is 2. The van der Waals surface area contributed by atoms with Crippen LogP contribution < -0.4 is 15.0 Å². The minimum absolute atomic E-state index is 0.258. The molecule has 1 aromatic heterocycles. The Bertz CT molecular complexity index is 1140. The van der Waals surface area contributed by atoms with Gasteiger partial charge >= 0.3 is 0 Å². The maximum atomic E-state index is 13.6. The van der Waals surface area contributed by atoms with Crippen molar-refractivity contribution >= 4 is 17.5 Å². The Morgan fingerprint density at radius 2 is 1.82 bits per heavy atom. The van der Waals surface area contributed by atoms with Crippen LogP contribution in [0.5, 0.6) is 5.75 Å². The van der Waals surface area contributed by atoms with Gasteiger partial charge in [-0.2, -0.15) is 4.80 Å². The van der Waals surface area contributed by atoms with Crippen LogP contribution in [0.25, 0.3) is 11.4 Å². The van der Waals surface area contributed by atoms with E-state index in [0.717, 1.165) is 4.80 Å². The molecule has 3 aromatic rings. The molecular weight excluding hydrogens is 439 g/mol. The Morgan fingerprint density at radius 3 is 2.44 bits per heavy atom. The highest BCUT2D eigenvalue weighted by Crippen LogP contribution is 2.30. The molecule has 0 fully saturated rings. The molecule has 0 spiro atoms. The highest BCUT2D eigenvalue weighted by atomic mass is 19.1. The molecule has 1 N–H and O–H groups in total. The summed E-state index contributed by atoms with van der Waals surface area (Å²) in [6.07, 6.45) is 0.372. The number of anilines is 1. The summed E-state index contributed by atoms with van der Waals surface area (Å²) in [5.74, 6) is -0.361. The van der Waals surface area contributed by atoms with Gasteiger partial charge in [-0.15, -0.1) is 10.2 Å². The van der Waals surface area contributed by atoms with Crippen molar-refractivity contribution in [1.82, 2.24) is 25.5 Å². The topological polar surface area (TPSA) is 102 Å². The van der Waals surface area contributed by atoms with Crippen molar-refractivity contribution < 1.29 is 18.7 Å². The Labute approximate surface area is 197 Å². The van der Waals surface area contributed by atoms with Crippen LogP contribution >= 0.6 is 0 Å². The average molecular weight is 469 g/mol. The van der Waals surface area contributed by atoms with Gasteiger partial charge in [0, 0.05) is 11.1 Å². The molecule has 34 heavy (non-hydrogen) atoms. The molecule has 1 heterocycles. The number of nitrogens with zero attached hydrogens (tertiary/aromatic N) is 5. The Hall–Kier alpha value is -3.82. The lowest BCUT2D eigenvalue weighted by atomic mass is 10.1. The van der Waals surface area contributed by atoms with E-state index >= 15 is 0 Å². The van der Waals surface area contributed by atoms with Crippen molar-refractivity contribution in [3.05, 3.63) is 54.3 Å². The van der Waals surface area contributed by atoms with E-state index in [-0.39, 0.29) is 24.1 Å². The fourth-order valence-corrected chi connectivity index (χ4v) is 3.46. The van der Waals surface area contributed by atoms with Gasteiger partial charge in [0.25, 0.3) is 5.91 Å². The molecule has 0 saturated carbocycles. The molecule has 2 amide bonds. The van der Waals surface area contributed by atoms with Crippen molar-refractivity contribution in [2.24, 2.45) is 0 Å². The molecule has 1 atom stereocenters. The van der Waals surface area contributed by atoms with Gasteiger partial charge < -0.3 is 10.1 Å². The number of amides is 2. The van der Waals surface area contributed by atoms with Gasteiger partial charge in [0.2, 0.25) is 11.7 Å². The molecule has 0 aliphatic carbocycles. The number of rotatable bonds is 8. The lowest BCUT2D eigenvalue weighted by Gasteiger charge is -2.33. The van der Waals surface area contributed by atoms with Gasteiger partial charge in [-0.05, 0) is 68.8 Å². The highest BCUT2D eigenvalue weighted by molar-refractivity contribution is 6.01. The summed E-state index contributed by atoms with van der Waals surface area (Å²) in [5, 5.41) is 15.1. The van der Waals surface area contributed by atoms with E-state index in [4.69, 9.17) is 4.74 Å². The first-order valence-electron chi connectivity index (χ1n) is 10.9. The van der Waals surface area contributed by atoms with Crippen LogP contribution in [0.15, 0.2) is 48.5 Å². The molecule has 0 bridgehead atoms. The molecule has 0 radical (unpaired) electrons. The summed E-state index contributed by atoms with van der Waals surface area (Å²) in [7, 11) is 1.51. The number of halogens is 1. The Kier molecular flexibility index (Phi) is 7.60. The summed E-state index contributed by atoms with van der Waals surface area (Å²) >= 11 is 0. The summed E-state index contributed by atoms with van der Waals surface area (Å²) in [6.45, 7) is 7.21. The maximum Gasteiger partial charge on any atom is 0.251 e. The third-order valence-electron chi connectivity index (χ3n) is 4.94. The minimum atomic E-state index is -0.789. The zero-order valence-corrected chi connectivity index (χ0v) is 19.9. The third-order valence-corrected chi connectivity index (χ3v) is 4.94. The van der Waals surface area contributed by atoms with E-state index < -0.39 is 17.5 Å². The van der Waals surface area contributed by atoms with E-state index in [0.29, 0.717) is 23.4 Å². The number of carbonyl (C=O) groups excluding carboxylic acids is 2. The quantitative estimate of drug-likeness (QED) is 0.545. The van der Waals surface area contributed by atoms with Gasteiger partial charge in [-0.25, -0.2) is 4.39 Å². The van der Waals surface area contributed by atoms with Crippen molar-refractivity contribution in [1.29, 1.82) is 0 Å². The summed E-state index contributed by atoms with van der Waals surface area (Å²) < 4.78 is 18.7. The molecule has 180 valence electrons. The average Bonchev–Trinajstić information content (AvgIpc) is 3.24. The SMILES string of the molecule is CC[C@@H](C(=O)NC(C)(C)C)N(C(=O)Cn1nnc(-c2ccc(F)cc2)n1)c1ccccc1OC.